The molecule has 32 heavy (non-hydrogen) atoms. The summed E-state index contributed by atoms with van der Waals surface area (Å²) in [4.78, 5) is 33.5. The zero-order chi connectivity index (χ0) is 22.5. The molecule has 2 aromatic rings. The summed E-state index contributed by atoms with van der Waals surface area (Å²) in [5, 5.41) is 0.549. The normalized spacial score (nSPS) is 17.9. The van der Waals surface area contributed by atoms with Crippen LogP contribution in [0.3, 0.4) is 0 Å². The van der Waals surface area contributed by atoms with E-state index in [1.54, 1.807) is 36.4 Å². The van der Waals surface area contributed by atoms with Gasteiger partial charge in [-0.25, -0.2) is 4.39 Å². The number of benzene rings is 2. The highest BCUT2D eigenvalue weighted by atomic mass is 35.5. The van der Waals surface area contributed by atoms with Gasteiger partial charge in [0.05, 0.1) is 12.2 Å². The Hall–Kier alpha value is -2.64. The molecule has 0 unspecified atom stereocenters. The predicted octanol–water partition coefficient (Wildman–Crippen LogP) is 2.98. The molecule has 2 heterocycles. The van der Waals surface area contributed by atoms with E-state index in [1.165, 1.54) is 6.07 Å². The van der Waals surface area contributed by atoms with Gasteiger partial charge in [-0.1, -0.05) is 29.8 Å². The average molecular weight is 459 g/mol. The van der Waals surface area contributed by atoms with E-state index in [1.807, 2.05) is 20.8 Å². The van der Waals surface area contributed by atoms with Crippen LogP contribution in [0.5, 0.6) is 0 Å². The maximum absolute atomic E-state index is 14.0. The SMILES string of the molecule is O=C(CN1CCCN(C(=O)c2cccc(Cl)c2)CC1)N1CCN(c2ccccc2F)CC1. The van der Waals surface area contributed by atoms with Gasteiger partial charge in [0.15, 0.2) is 0 Å². The van der Waals surface area contributed by atoms with Gasteiger partial charge < -0.3 is 14.7 Å². The van der Waals surface area contributed by atoms with Crippen molar-refractivity contribution in [1.82, 2.24) is 14.7 Å². The minimum absolute atomic E-state index is 0.0232. The van der Waals surface area contributed by atoms with E-state index < -0.39 is 0 Å². The first kappa shape index (κ1) is 22.6. The number of anilines is 1. The number of carbonyl (C=O) groups is 2. The second kappa shape index (κ2) is 10.3. The van der Waals surface area contributed by atoms with E-state index >= 15 is 0 Å². The minimum atomic E-state index is -0.228. The van der Waals surface area contributed by atoms with Crippen LogP contribution in [-0.4, -0.2) is 85.4 Å². The highest BCUT2D eigenvalue weighted by Gasteiger charge is 2.26. The number of hydrogen-bond acceptors (Lipinski definition) is 4. The van der Waals surface area contributed by atoms with Crippen LogP contribution in [0.2, 0.25) is 5.02 Å². The number of piperazine rings is 1. The summed E-state index contributed by atoms with van der Waals surface area (Å²) < 4.78 is 14.0. The Morgan fingerprint density at radius 2 is 1.59 bits per heavy atom. The van der Waals surface area contributed by atoms with Crippen molar-refractivity contribution in [2.45, 2.75) is 6.42 Å². The van der Waals surface area contributed by atoms with Crippen LogP contribution in [0.1, 0.15) is 16.8 Å². The average Bonchev–Trinajstić information content (AvgIpc) is 3.04. The molecule has 0 atom stereocenters. The third-order valence-corrected chi connectivity index (χ3v) is 6.37. The van der Waals surface area contributed by atoms with Gasteiger partial charge in [0, 0.05) is 62.9 Å². The zero-order valence-electron chi connectivity index (χ0n) is 18.1. The summed E-state index contributed by atoms with van der Waals surface area (Å²) in [7, 11) is 0. The van der Waals surface area contributed by atoms with E-state index in [9.17, 15) is 14.0 Å². The number of hydrogen-bond donors (Lipinski definition) is 0. The quantitative estimate of drug-likeness (QED) is 0.706. The van der Waals surface area contributed by atoms with Crippen LogP contribution < -0.4 is 4.90 Å². The van der Waals surface area contributed by atoms with Crippen molar-refractivity contribution in [2.24, 2.45) is 0 Å². The van der Waals surface area contributed by atoms with E-state index in [2.05, 4.69) is 4.90 Å². The molecule has 2 aliphatic rings. The number of nitrogens with zero attached hydrogens (tertiary/aromatic N) is 4. The lowest BCUT2D eigenvalue weighted by atomic mass is 10.2. The molecule has 2 amide bonds. The van der Waals surface area contributed by atoms with Crippen LogP contribution in [-0.2, 0) is 4.79 Å². The topological polar surface area (TPSA) is 47.1 Å². The molecule has 0 spiro atoms. The van der Waals surface area contributed by atoms with E-state index in [4.69, 9.17) is 11.6 Å². The Labute approximate surface area is 193 Å². The molecule has 0 bridgehead atoms. The van der Waals surface area contributed by atoms with E-state index in [0.29, 0.717) is 68.6 Å². The molecule has 4 rings (SSSR count). The Bertz CT molecular complexity index is 965. The fourth-order valence-electron chi connectivity index (χ4n) is 4.33. The lowest BCUT2D eigenvalue weighted by Gasteiger charge is -2.37. The van der Waals surface area contributed by atoms with Gasteiger partial charge in [0.2, 0.25) is 5.91 Å². The van der Waals surface area contributed by atoms with Crippen molar-refractivity contribution in [3.05, 3.63) is 64.9 Å². The summed E-state index contributed by atoms with van der Waals surface area (Å²) in [5.74, 6) is -0.161. The maximum atomic E-state index is 14.0. The Balaban J connectivity index is 1.26. The summed E-state index contributed by atoms with van der Waals surface area (Å²) >= 11 is 6.02. The molecule has 0 aliphatic carbocycles. The van der Waals surface area contributed by atoms with Crippen LogP contribution in [0.4, 0.5) is 10.1 Å². The lowest BCUT2D eigenvalue weighted by Crippen LogP contribution is -2.51. The van der Waals surface area contributed by atoms with Crippen LogP contribution in [0, 0.1) is 5.82 Å². The molecule has 2 saturated heterocycles. The molecular formula is C24H28ClFN4O2. The van der Waals surface area contributed by atoms with Crippen molar-refractivity contribution >= 4 is 29.1 Å². The second-order valence-electron chi connectivity index (χ2n) is 8.25. The summed E-state index contributed by atoms with van der Waals surface area (Å²) in [6.07, 6.45) is 0.820. The van der Waals surface area contributed by atoms with Gasteiger partial charge in [-0.3, -0.25) is 14.5 Å². The van der Waals surface area contributed by atoms with Crippen molar-refractivity contribution in [3.8, 4) is 0 Å². The molecule has 0 radical (unpaired) electrons. The maximum Gasteiger partial charge on any atom is 0.253 e. The number of carbonyl (C=O) groups excluding carboxylic acids is 2. The van der Waals surface area contributed by atoms with Crippen molar-refractivity contribution in [1.29, 1.82) is 0 Å². The van der Waals surface area contributed by atoms with Crippen LogP contribution in [0.15, 0.2) is 48.5 Å². The zero-order valence-corrected chi connectivity index (χ0v) is 18.8. The highest BCUT2D eigenvalue weighted by Crippen LogP contribution is 2.20. The van der Waals surface area contributed by atoms with Gasteiger partial charge in [-0.2, -0.15) is 0 Å². The first-order chi connectivity index (χ1) is 15.5. The first-order valence-corrected chi connectivity index (χ1v) is 11.4. The third-order valence-electron chi connectivity index (χ3n) is 6.13. The summed E-state index contributed by atoms with van der Waals surface area (Å²) in [6, 6.07) is 13.8. The van der Waals surface area contributed by atoms with Crippen molar-refractivity contribution in [2.75, 3.05) is 63.8 Å². The number of amides is 2. The van der Waals surface area contributed by atoms with Crippen molar-refractivity contribution < 1.29 is 14.0 Å². The molecule has 0 N–H and O–H groups in total. The smallest absolute Gasteiger partial charge is 0.253 e. The molecule has 170 valence electrons. The molecule has 2 aromatic carbocycles. The number of rotatable bonds is 4. The van der Waals surface area contributed by atoms with Gasteiger partial charge in [-0.15, -0.1) is 0 Å². The molecule has 6 nitrogen and oxygen atoms in total. The van der Waals surface area contributed by atoms with E-state index in [0.717, 1.165) is 13.0 Å². The summed E-state index contributed by atoms with van der Waals surface area (Å²) in [6.45, 7) is 5.44. The Morgan fingerprint density at radius 3 is 2.34 bits per heavy atom. The molecule has 2 aliphatic heterocycles. The summed E-state index contributed by atoms with van der Waals surface area (Å²) in [5.41, 5.74) is 1.19. The van der Waals surface area contributed by atoms with Gasteiger partial charge >= 0.3 is 0 Å². The van der Waals surface area contributed by atoms with Gasteiger partial charge in [0.1, 0.15) is 5.82 Å². The number of halogens is 2. The fourth-order valence-corrected chi connectivity index (χ4v) is 4.52. The first-order valence-electron chi connectivity index (χ1n) is 11.1. The molecule has 8 heteroatoms. The lowest BCUT2D eigenvalue weighted by molar-refractivity contribution is -0.132. The van der Waals surface area contributed by atoms with Gasteiger partial charge in [0.25, 0.3) is 5.91 Å². The van der Waals surface area contributed by atoms with Crippen molar-refractivity contribution in [3.63, 3.8) is 0 Å². The van der Waals surface area contributed by atoms with Gasteiger partial charge in [-0.05, 0) is 36.8 Å². The second-order valence-corrected chi connectivity index (χ2v) is 8.69. The predicted molar refractivity (Wildman–Crippen MR) is 124 cm³/mol. The Morgan fingerprint density at radius 1 is 0.844 bits per heavy atom. The molecular weight excluding hydrogens is 431 g/mol. The van der Waals surface area contributed by atoms with Crippen LogP contribution in [0.25, 0.3) is 0 Å². The molecule has 2 fully saturated rings. The monoisotopic (exact) mass is 458 g/mol. The standard InChI is InChI=1S/C24H28ClFN4O2/c25-20-6-3-5-19(17-20)24(32)30-10-4-9-27(11-12-30)18-23(31)29-15-13-28(14-16-29)22-8-2-1-7-21(22)26/h1-3,5-8,17H,4,9-16,18H2. The fraction of sp³-hybridized carbons (Fsp3) is 0.417. The minimum Gasteiger partial charge on any atom is -0.366 e. The molecule has 0 aromatic heterocycles. The highest BCUT2D eigenvalue weighted by molar-refractivity contribution is 6.30. The Kier molecular flexibility index (Phi) is 7.27. The number of para-hydroxylation sites is 1. The largest absolute Gasteiger partial charge is 0.366 e. The van der Waals surface area contributed by atoms with Crippen LogP contribution >= 0.6 is 11.6 Å². The van der Waals surface area contributed by atoms with E-state index in [-0.39, 0.29) is 17.6 Å². The third kappa shape index (κ3) is 5.40. The molecule has 0 saturated carbocycles.